The van der Waals surface area contributed by atoms with Crippen molar-refractivity contribution in [2.45, 2.75) is 42.7 Å². The predicted octanol–water partition coefficient (Wildman–Crippen LogP) is 7.20. The summed E-state index contributed by atoms with van der Waals surface area (Å²) < 4.78 is 4.44. The molecule has 0 unspecified atom stereocenters. The summed E-state index contributed by atoms with van der Waals surface area (Å²) in [5.74, 6) is 0. The van der Waals surface area contributed by atoms with E-state index in [0.717, 1.165) is 0 Å². The number of allylic oxidation sites excluding steroid dienone is 4. The van der Waals surface area contributed by atoms with Crippen molar-refractivity contribution in [2.75, 3.05) is 0 Å². The molecule has 0 aromatic heterocycles. The first-order valence-electron chi connectivity index (χ1n) is 9.69. The van der Waals surface area contributed by atoms with Crippen molar-refractivity contribution in [1.82, 2.24) is 0 Å². The Morgan fingerprint density at radius 2 is 1.33 bits per heavy atom. The molecule has 0 bridgehead atoms. The van der Waals surface area contributed by atoms with Crippen LogP contribution in [0.1, 0.15) is 53.9 Å². The summed E-state index contributed by atoms with van der Waals surface area (Å²) in [4.78, 5) is 0. The van der Waals surface area contributed by atoms with E-state index < -0.39 is 17.4 Å². The molecule has 0 saturated heterocycles. The Morgan fingerprint density at radius 3 is 1.89 bits per heavy atom. The summed E-state index contributed by atoms with van der Waals surface area (Å²) in [5, 5.41) is 0. The first kappa shape index (κ1) is 20.8. The zero-order valence-electron chi connectivity index (χ0n) is 15.5. The second kappa shape index (κ2) is 9.06. The van der Waals surface area contributed by atoms with E-state index in [4.69, 9.17) is 0 Å². The Kier molecular flexibility index (Phi) is 6.98. The van der Waals surface area contributed by atoms with E-state index in [1.165, 1.54) is 49.7 Å². The molecule has 0 atom stereocenters. The summed E-state index contributed by atoms with van der Waals surface area (Å²) in [6, 6.07) is 18.4. The van der Waals surface area contributed by atoms with Gasteiger partial charge in [0.2, 0.25) is 0 Å². The van der Waals surface area contributed by atoms with Gasteiger partial charge in [-0.05, 0) is 0 Å². The maximum absolute atomic E-state index is 2.47. The van der Waals surface area contributed by atoms with E-state index in [1.54, 1.807) is 15.0 Å². The maximum atomic E-state index is 2.47. The average molecular weight is 433 g/mol. The molecular weight excluding hydrogens is 407 g/mol. The van der Waals surface area contributed by atoms with Crippen LogP contribution in [-0.4, -0.2) is 3.81 Å². The van der Waals surface area contributed by atoms with Gasteiger partial charge in [-0.2, -0.15) is 0 Å². The molecule has 0 N–H and O–H groups in total. The van der Waals surface area contributed by atoms with Crippen molar-refractivity contribution in [3.05, 3.63) is 81.8 Å². The van der Waals surface area contributed by atoms with Crippen LogP contribution < -0.4 is 0 Å². The molecule has 2 aromatic rings. The number of fused-ring (bicyclic) bond motifs is 3. The van der Waals surface area contributed by atoms with Gasteiger partial charge in [0.25, 0.3) is 0 Å². The third-order valence-electron chi connectivity index (χ3n) is 6.08. The van der Waals surface area contributed by atoms with E-state index >= 15 is 0 Å². The fourth-order valence-corrected chi connectivity index (χ4v) is 11.0. The van der Waals surface area contributed by atoms with Gasteiger partial charge in [0.1, 0.15) is 0 Å². The van der Waals surface area contributed by atoms with Crippen molar-refractivity contribution < 1.29 is 17.4 Å². The molecule has 3 heteroatoms. The zero-order chi connectivity index (χ0) is 16.6. The minimum atomic E-state index is -1.53. The van der Waals surface area contributed by atoms with E-state index in [9.17, 15) is 0 Å². The van der Waals surface area contributed by atoms with Crippen LogP contribution in [0, 0.1) is 0 Å². The Bertz CT molecular complexity index is 870. The van der Waals surface area contributed by atoms with Crippen LogP contribution in [-0.2, 0) is 17.4 Å². The summed E-state index contributed by atoms with van der Waals surface area (Å²) in [6.45, 7) is 0. The molecule has 0 radical (unpaired) electrons. The Labute approximate surface area is 180 Å². The van der Waals surface area contributed by atoms with E-state index in [1.807, 2.05) is 3.81 Å². The number of hydrogen-bond acceptors (Lipinski definition) is 0. The second-order valence-electron chi connectivity index (χ2n) is 7.51. The molecule has 140 valence electrons. The largest absolute Gasteiger partial charge is 0.147 e. The molecule has 3 aliphatic rings. The first-order chi connectivity index (χ1) is 12.4. The number of halogens is 2. The molecule has 3 aliphatic carbocycles. The molecule has 0 amide bonds. The fourth-order valence-electron chi connectivity index (χ4n) is 4.98. The second-order valence-corrected chi connectivity index (χ2v) is 11.8. The third-order valence-corrected chi connectivity index (χ3v) is 11.6. The van der Waals surface area contributed by atoms with Crippen LogP contribution >= 0.6 is 24.8 Å². The topological polar surface area (TPSA) is 0 Å². The molecule has 0 aliphatic heterocycles. The van der Waals surface area contributed by atoms with Gasteiger partial charge in [-0.3, -0.25) is 0 Å². The van der Waals surface area contributed by atoms with E-state index in [-0.39, 0.29) is 24.8 Å². The van der Waals surface area contributed by atoms with Crippen molar-refractivity contribution >= 4 is 28.6 Å². The third kappa shape index (κ3) is 3.70. The van der Waals surface area contributed by atoms with Gasteiger partial charge in [-0.25, -0.2) is 0 Å². The minimum absolute atomic E-state index is 0. The van der Waals surface area contributed by atoms with Crippen molar-refractivity contribution in [3.63, 3.8) is 0 Å². The van der Waals surface area contributed by atoms with Gasteiger partial charge in [0.05, 0.1) is 0 Å². The maximum Gasteiger partial charge on any atom is -0.147 e. The van der Waals surface area contributed by atoms with Gasteiger partial charge in [-0.15, -0.1) is 24.8 Å². The molecule has 0 nitrogen and oxygen atoms in total. The molecule has 27 heavy (non-hydrogen) atoms. The van der Waals surface area contributed by atoms with Gasteiger partial charge in [0.15, 0.2) is 0 Å². The average Bonchev–Trinajstić information content (AvgIpc) is 3.31. The Balaban J connectivity index is 0.00000105. The minimum Gasteiger partial charge on any atom is -0.147 e. The SMILES string of the molecule is C1=CC[C]([Ti](=[C]2CCCCC2)[CH]2c3ccccc3-c3ccccc32)=C1.Cl.Cl. The smallest absolute Gasteiger partial charge is 0.147 e. The Morgan fingerprint density at radius 1 is 0.741 bits per heavy atom. The standard InChI is InChI=1S/C13H9.C6H10.C5H5.2ClH.Ti/c1-3-7-12-10(5-1)9-11-6-2-4-8-13(11)12;1-2-4-6-5-3-1;1-2-4-5-3-1;;;/h1-9H;1-5H2;1-3H,4H2;2*1H;. The molecule has 2 aromatic carbocycles. The quantitative estimate of drug-likeness (QED) is 0.440. The summed E-state index contributed by atoms with van der Waals surface area (Å²) in [5.41, 5.74) is 6.22. The van der Waals surface area contributed by atoms with Crippen LogP contribution in [0.2, 0.25) is 0 Å². The first-order valence-corrected chi connectivity index (χ1v) is 12.2. The van der Waals surface area contributed by atoms with Crippen LogP contribution in [0.15, 0.2) is 70.6 Å². The number of benzene rings is 2. The normalized spacial score (nSPS) is 17.5. The van der Waals surface area contributed by atoms with Crippen LogP contribution in [0.5, 0.6) is 0 Å². The van der Waals surface area contributed by atoms with E-state index in [0.29, 0.717) is 4.22 Å². The van der Waals surface area contributed by atoms with Gasteiger partial charge >= 0.3 is 157 Å². The van der Waals surface area contributed by atoms with E-state index in [2.05, 4.69) is 66.8 Å². The molecule has 0 heterocycles. The van der Waals surface area contributed by atoms with Gasteiger partial charge in [-0.1, -0.05) is 0 Å². The molecule has 5 rings (SSSR count). The van der Waals surface area contributed by atoms with Gasteiger partial charge < -0.3 is 0 Å². The summed E-state index contributed by atoms with van der Waals surface area (Å²) in [7, 11) is 0. The number of rotatable bonds is 2. The molecule has 1 saturated carbocycles. The summed E-state index contributed by atoms with van der Waals surface area (Å²) in [6.07, 6.45) is 15.4. The number of hydrogen-bond donors (Lipinski definition) is 0. The van der Waals surface area contributed by atoms with Crippen LogP contribution in [0.3, 0.4) is 0 Å². The molecule has 0 spiro atoms. The zero-order valence-corrected chi connectivity index (χ0v) is 18.7. The predicted molar refractivity (Wildman–Crippen MR) is 118 cm³/mol. The van der Waals surface area contributed by atoms with Crippen LogP contribution in [0.25, 0.3) is 11.1 Å². The van der Waals surface area contributed by atoms with Gasteiger partial charge in [0, 0.05) is 0 Å². The van der Waals surface area contributed by atoms with Crippen molar-refractivity contribution in [2.24, 2.45) is 0 Å². The summed E-state index contributed by atoms with van der Waals surface area (Å²) >= 11 is -1.53. The van der Waals surface area contributed by atoms with Crippen molar-refractivity contribution in [3.8, 4) is 11.1 Å². The van der Waals surface area contributed by atoms with Crippen LogP contribution in [0.4, 0.5) is 0 Å². The Hall–Kier alpha value is -0.916. The molecular formula is C24H26Cl2Ti. The molecule has 1 fully saturated rings. The fraction of sp³-hybridized carbons (Fsp3) is 0.292. The van der Waals surface area contributed by atoms with Crippen molar-refractivity contribution in [1.29, 1.82) is 0 Å². The monoisotopic (exact) mass is 432 g/mol.